The van der Waals surface area contributed by atoms with Crippen LogP contribution in [0.25, 0.3) is 5.32 Å². The van der Waals surface area contributed by atoms with Gasteiger partial charge in [0.1, 0.15) is 0 Å². The molecule has 1 fully saturated rings. The summed E-state index contributed by atoms with van der Waals surface area (Å²) in [4.78, 5) is 0. The van der Waals surface area contributed by atoms with Crippen molar-refractivity contribution in [2.45, 2.75) is 18.2 Å². The van der Waals surface area contributed by atoms with Crippen LogP contribution in [-0.2, 0) is 11.9 Å². The molecule has 0 aromatic rings. The average Bonchev–Trinajstić information content (AvgIpc) is 1.85. The van der Waals surface area contributed by atoms with E-state index in [0.29, 0.717) is 5.38 Å². The molecule has 0 amide bonds. The molecule has 0 aliphatic carbocycles. The topological polar surface area (TPSA) is 14.1 Å². The van der Waals surface area contributed by atoms with Crippen LogP contribution in [0.5, 0.6) is 0 Å². The SMILES string of the molecule is ClC1CCC[N-]C1.[Cl][Pt+2]([Cl])([Cl])[Cl]. The van der Waals surface area contributed by atoms with Crippen LogP contribution in [0.2, 0.25) is 0 Å². The molecule has 0 saturated carbocycles. The summed E-state index contributed by atoms with van der Waals surface area (Å²) in [6, 6.07) is 0. The Labute approximate surface area is 96.9 Å². The number of hydrogen-bond acceptors (Lipinski definition) is 0. The van der Waals surface area contributed by atoms with Crippen molar-refractivity contribution < 1.29 is 11.9 Å². The molecule has 1 heterocycles. The Morgan fingerprint density at radius 1 is 1.17 bits per heavy atom. The maximum atomic E-state index is 5.72. The van der Waals surface area contributed by atoms with Crippen molar-refractivity contribution in [1.29, 1.82) is 0 Å². The molecule has 0 N–H and O–H groups in total. The fourth-order valence-corrected chi connectivity index (χ4v) is 0.999. The maximum absolute atomic E-state index is 5.72. The minimum atomic E-state index is -3.06. The van der Waals surface area contributed by atoms with Gasteiger partial charge in [-0.25, -0.2) is 0 Å². The van der Waals surface area contributed by atoms with Gasteiger partial charge in [0.25, 0.3) is 0 Å². The Morgan fingerprint density at radius 3 is 1.83 bits per heavy atom. The second-order valence-corrected chi connectivity index (χ2v) is 22.5. The third-order valence-corrected chi connectivity index (χ3v) is 1.52. The number of rotatable bonds is 0. The zero-order chi connectivity index (χ0) is 9.61. The van der Waals surface area contributed by atoms with Gasteiger partial charge in [0.05, 0.1) is 0 Å². The van der Waals surface area contributed by atoms with Gasteiger partial charge in [-0.1, -0.05) is 6.42 Å². The molecule has 1 rings (SSSR count). The van der Waals surface area contributed by atoms with E-state index in [1.54, 1.807) is 0 Å². The normalized spacial score (nSPS) is 25.6. The molecule has 7 heteroatoms. The van der Waals surface area contributed by atoms with Gasteiger partial charge in [-0.05, 0) is 6.42 Å². The molecule has 0 radical (unpaired) electrons. The Morgan fingerprint density at radius 2 is 1.67 bits per heavy atom. The van der Waals surface area contributed by atoms with E-state index >= 15 is 0 Å². The summed E-state index contributed by atoms with van der Waals surface area (Å²) < 4.78 is 0. The first kappa shape index (κ1) is 14.1. The van der Waals surface area contributed by atoms with Crippen LogP contribution in [0.3, 0.4) is 0 Å². The number of nitrogens with zero attached hydrogens (tertiary/aromatic N) is 1. The third-order valence-electron chi connectivity index (χ3n) is 1.16. The van der Waals surface area contributed by atoms with Crippen molar-refractivity contribution in [3.8, 4) is 0 Å². The Kier molecular flexibility index (Phi) is 8.69. The van der Waals surface area contributed by atoms with Gasteiger partial charge in [0.15, 0.2) is 0 Å². The van der Waals surface area contributed by atoms with Gasteiger partial charge in [-0.15, -0.1) is 24.7 Å². The first-order chi connectivity index (χ1) is 5.39. The molecule has 1 saturated heterocycles. The van der Waals surface area contributed by atoms with Gasteiger partial charge < -0.3 is 5.32 Å². The van der Waals surface area contributed by atoms with Crippen molar-refractivity contribution in [1.82, 2.24) is 0 Å². The zero-order valence-corrected chi connectivity index (χ0v) is 12.1. The molecule has 1 unspecified atom stereocenters. The summed E-state index contributed by atoms with van der Waals surface area (Å²) in [5.41, 5.74) is 0. The van der Waals surface area contributed by atoms with Crippen LogP contribution in [0, 0.1) is 0 Å². The molecule has 78 valence electrons. The van der Waals surface area contributed by atoms with Crippen molar-refractivity contribution in [3.63, 3.8) is 0 Å². The minimum absolute atomic E-state index is 0.341. The summed E-state index contributed by atoms with van der Waals surface area (Å²) >= 11 is 2.67. The molecular formula is C5H9Cl5NPt+. The van der Waals surface area contributed by atoms with Crippen molar-refractivity contribution in [3.05, 3.63) is 5.32 Å². The zero-order valence-electron chi connectivity index (χ0n) is 6.06. The van der Waals surface area contributed by atoms with Crippen LogP contribution in [0.4, 0.5) is 0 Å². The van der Waals surface area contributed by atoms with E-state index in [1.165, 1.54) is 6.42 Å². The quantitative estimate of drug-likeness (QED) is 0.477. The van der Waals surface area contributed by atoms with Crippen LogP contribution in [0.1, 0.15) is 12.8 Å². The molecule has 0 aromatic heterocycles. The Bertz CT molecular complexity index is 105. The number of hydrogen-bond donors (Lipinski definition) is 0. The average molecular weight is 455 g/mol. The summed E-state index contributed by atoms with van der Waals surface area (Å²) in [7, 11) is 20.0. The molecule has 12 heavy (non-hydrogen) atoms. The predicted octanol–water partition coefficient (Wildman–Crippen LogP) is 4.52. The van der Waals surface area contributed by atoms with Gasteiger partial charge in [0, 0.05) is 5.38 Å². The molecule has 0 bridgehead atoms. The number of alkyl halides is 1. The van der Waals surface area contributed by atoms with Gasteiger partial charge in [-0.2, -0.15) is 0 Å². The number of piperidine rings is 1. The molecule has 1 atom stereocenters. The van der Waals surface area contributed by atoms with Crippen LogP contribution in [-0.4, -0.2) is 18.5 Å². The van der Waals surface area contributed by atoms with E-state index in [-0.39, 0.29) is 0 Å². The first-order valence-electron chi connectivity index (χ1n) is 3.15. The first-order valence-corrected chi connectivity index (χ1v) is 14.8. The fourth-order valence-electron chi connectivity index (χ4n) is 0.747. The van der Waals surface area contributed by atoms with E-state index in [0.717, 1.165) is 19.5 Å². The van der Waals surface area contributed by atoms with Gasteiger partial charge >= 0.3 is 49.6 Å². The molecule has 0 spiro atoms. The molecule has 1 aliphatic heterocycles. The van der Waals surface area contributed by atoms with Crippen molar-refractivity contribution >= 4 is 49.3 Å². The third kappa shape index (κ3) is 14.6. The summed E-state index contributed by atoms with van der Waals surface area (Å²) in [6.45, 7) is 1.91. The predicted molar refractivity (Wildman–Crippen MR) is 55.4 cm³/mol. The van der Waals surface area contributed by atoms with E-state index in [2.05, 4.69) is 5.32 Å². The van der Waals surface area contributed by atoms with Gasteiger partial charge in [0.2, 0.25) is 0 Å². The van der Waals surface area contributed by atoms with E-state index in [4.69, 9.17) is 49.3 Å². The van der Waals surface area contributed by atoms with Crippen molar-refractivity contribution in [2.24, 2.45) is 0 Å². The molecule has 1 aliphatic rings. The summed E-state index contributed by atoms with van der Waals surface area (Å²) in [6.07, 6.45) is 2.35. The van der Waals surface area contributed by atoms with Crippen LogP contribution >= 0.6 is 49.3 Å². The number of halogens is 5. The Hall–Kier alpha value is 2.10. The second-order valence-electron chi connectivity index (χ2n) is 2.14. The second kappa shape index (κ2) is 7.40. The molecule has 1 nitrogen and oxygen atoms in total. The monoisotopic (exact) mass is 453 g/mol. The van der Waals surface area contributed by atoms with Crippen LogP contribution < -0.4 is 0 Å². The summed E-state index contributed by atoms with van der Waals surface area (Å²) in [5, 5.41) is 4.47. The fraction of sp³-hybridized carbons (Fsp3) is 1.00. The molecular weight excluding hydrogens is 446 g/mol. The van der Waals surface area contributed by atoms with E-state index in [9.17, 15) is 0 Å². The summed E-state index contributed by atoms with van der Waals surface area (Å²) in [5.74, 6) is 0. The molecule has 0 aromatic carbocycles. The Balaban J connectivity index is 0.000000217. The van der Waals surface area contributed by atoms with Gasteiger partial charge in [-0.3, -0.25) is 0 Å². The van der Waals surface area contributed by atoms with Crippen LogP contribution in [0.15, 0.2) is 0 Å². The standard InChI is InChI=1S/C5H9ClN.4ClH.Pt/c6-5-2-1-3-7-4-5;;;;;/h5H,1-4H2;4*1H;/q-1;;;;;+6/p-4. The van der Waals surface area contributed by atoms with E-state index in [1.807, 2.05) is 0 Å². The van der Waals surface area contributed by atoms with E-state index < -0.39 is 11.9 Å². The van der Waals surface area contributed by atoms with Crippen molar-refractivity contribution in [2.75, 3.05) is 13.1 Å².